The van der Waals surface area contributed by atoms with Crippen LogP contribution < -0.4 is 9.47 Å². The van der Waals surface area contributed by atoms with Crippen molar-refractivity contribution in [3.8, 4) is 11.5 Å². The summed E-state index contributed by atoms with van der Waals surface area (Å²) in [5.41, 5.74) is 2.06. The maximum absolute atomic E-state index is 13.4. The van der Waals surface area contributed by atoms with Crippen molar-refractivity contribution >= 4 is 17.5 Å². The molecule has 1 aliphatic heterocycles. The van der Waals surface area contributed by atoms with Crippen LogP contribution in [0.4, 0.5) is 0 Å². The van der Waals surface area contributed by atoms with E-state index in [-0.39, 0.29) is 17.9 Å². The van der Waals surface area contributed by atoms with Gasteiger partial charge in [0.15, 0.2) is 11.5 Å². The molecule has 27 heavy (non-hydrogen) atoms. The third-order valence-electron chi connectivity index (χ3n) is 5.40. The van der Waals surface area contributed by atoms with Gasteiger partial charge in [-0.05, 0) is 62.1 Å². The number of nitrogens with zero attached hydrogens (tertiary/aromatic N) is 1. The molecule has 0 N–H and O–H groups in total. The van der Waals surface area contributed by atoms with Gasteiger partial charge in [-0.2, -0.15) is 0 Å². The molecule has 1 amide bonds. The Bertz CT molecular complexity index is 832. The van der Waals surface area contributed by atoms with Crippen molar-refractivity contribution in [3.05, 3.63) is 58.6 Å². The molecule has 4 rings (SSSR count). The van der Waals surface area contributed by atoms with Crippen LogP contribution in [0.2, 0.25) is 5.02 Å². The van der Waals surface area contributed by atoms with Gasteiger partial charge in [-0.3, -0.25) is 4.79 Å². The van der Waals surface area contributed by atoms with Gasteiger partial charge in [-0.25, -0.2) is 0 Å². The van der Waals surface area contributed by atoms with Crippen LogP contribution in [0.5, 0.6) is 11.5 Å². The van der Waals surface area contributed by atoms with Gasteiger partial charge in [0.1, 0.15) is 13.2 Å². The number of benzene rings is 2. The van der Waals surface area contributed by atoms with E-state index in [1.54, 1.807) is 0 Å². The Kier molecular flexibility index (Phi) is 5.00. The fourth-order valence-corrected chi connectivity index (χ4v) is 3.76. The average Bonchev–Trinajstić information content (AvgIpc) is 3.52. The highest BCUT2D eigenvalue weighted by molar-refractivity contribution is 6.30. The SMILES string of the molecule is CC(C(=O)N(C1CC1)C(C)c1ccc(Cl)cc1)c1ccc2c(c1)OCCO2. The van der Waals surface area contributed by atoms with Crippen LogP contribution in [0.3, 0.4) is 0 Å². The van der Waals surface area contributed by atoms with E-state index in [1.165, 1.54) is 0 Å². The van der Waals surface area contributed by atoms with Crippen LogP contribution in [0.15, 0.2) is 42.5 Å². The fraction of sp³-hybridized carbons (Fsp3) is 0.409. The highest BCUT2D eigenvalue weighted by atomic mass is 35.5. The van der Waals surface area contributed by atoms with Crippen molar-refractivity contribution in [1.82, 2.24) is 4.90 Å². The maximum atomic E-state index is 13.4. The number of carbonyl (C=O) groups excluding carboxylic acids is 1. The lowest BCUT2D eigenvalue weighted by molar-refractivity contribution is -0.135. The lowest BCUT2D eigenvalue weighted by Gasteiger charge is -2.32. The summed E-state index contributed by atoms with van der Waals surface area (Å²) >= 11 is 6.02. The third-order valence-corrected chi connectivity index (χ3v) is 5.65. The van der Waals surface area contributed by atoms with E-state index in [0.717, 1.165) is 35.5 Å². The van der Waals surface area contributed by atoms with Crippen molar-refractivity contribution < 1.29 is 14.3 Å². The van der Waals surface area contributed by atoms with Crippen molar-refractivity contribution in [3.63, 3.8) is 0 Å². The van der Waals surface area contributed by atoms with Crippen LogP contribution in [-0.4, -0.2) is 30.1 Å². The van der Waals surface area contributed by atoms with E-state index in [1.807, 2.05) is 54.3 Å². The van der Waals surface area contributed by atoms with E-state index in [2.05, 4.69) is 6.92 Å². The van der Waals surface area contributed by atoms with E-state index in [0.29, 0.717) is 24.3 Å². The minimum Gasteiger partial charge on any atom is -0.486 e. The molecule has 1 aliphatic carbocycles. The van der Waals surface area contributed by atoms with Gasteiger partial charge in [0.2, 0.25) is 5.91 Å². The second-order valence-corrected chi connectivity index (χ2v) is 7.77. The van der Waals surface area contributed by atoms with Crippen molar-refractivity contribution in [2.24, 2.45) is 0 Å². The molecule has 2 unspecified atom stereocenters. The molecule has 2 atom stereocenters. The second-order valence-electron chi connectivity index (χ2n) is 7.33. The zero-order valence-electron chi connectivity index (χ0n) is 15.7. The molecule has 2 aromatic rings. The monoisotopic (exact) mass is 385 g/mol. The third kappa shape index (κ3) is 3.77. The first-order chi connectivity index (χ1) is 13.0. The Labute approximate surface area is 165 Å². The van der Waals surface area contributed by atoms with Gasteiger partial charge in [0.05, 0.1) is 12.0 Å². The molecule has 5 heteroatoms. The van der Waals surface area contributed by atoms with E-state index in [4.69, 9.17) is 21.1 Å². The highest BCUT2D eigenvalue weighted by Gasteiger charge is 2.38. The summed E-state index contributed by atoms with van der Waals surface area (Å²) in [5.74, 6) is 1.38. The second kappa shape index (κ2) is 7.43. The van der Waals surface area contributed by atoms with Crippen molar-refractivity contribution in [2.75, 3.05) is 13.2 Å². The molecule has 0 aromatic heterocycles. The van der Waals surface area contributed by atoms with Crippen LogP contribution in [0.25, 0.3) is 0 Å². The van der Waals surface area contributed by atoms with Crippen LogP contribution in [0, 0.1) is 0 Å². The average molecular weight is 386 g/mol. The van der Waals surface area contributed by atoms with Gasteiger partial charge in [0.25, 0.3) is 0 Å². The molecule has 0 saturated heterocycles. The molecule has 4 nitrogen and oxygen atoms in total. The largest absolute Gasteiger partial charge is 0.486 e. The molecule has 142 valence electrons. The summed E-state index contributed by atoms with van der Waals surface area (Å²) in [7, 11) is 0. The molecular weight excluding hydrogens is 362 g/mol. The smallest absolute Gasteiger partial charge is 0.230 e. The first kappa shape index (κ1) is 18.2. The molecule has 2 aliphatic rings. The van der Waals surface area contributed by atoms with Gasteiger partial charge < -0.3 is 14.4 Å². The molecule has 1 heterocycles. The Morgan fingerprint density at radius 3 is 2.30 bits per heavy atom. The topological polar surface area (TPSA) is 38.8 Å². The number of amides is 1. The van der Waals surface area contributed by atoms with Gasteiger partial charge in [0, 0.05) is 11.1 Å². The minimum absolute atomic E-state index is 0.0157. The summed E-state index contributed by atoms with van der Waals surface area (Å²) in [4.78, 5) is 15.4. The summed E-state index contributed by atoms with van der Waals surface area (Å²) in [6.45, 7) is 5.17. The summed E-state index contributed by atoms with van der Waals surface area (Å²) < 4.78 is 11.3. The summed E-state index contributed by atoms with van der Waals surface area (Å²) in [6, 6.07) is 13.9. The van der Waals surface area contributed by atoms with E-state index in [9.17, 15) is 4.79 Å². The Morgan fingerprint density at radius 1 is 1.00 bits per heavy atom. The Balaban J connectivity index is 1.57. The molecule has 1 fully saturated rings. The Hall–Kier alpha value is -2.20. The van der Waals surface area contributed by atoms with E-state index < -0.39 is 0 Å². The number of hydrogen-bond acceptors (Lipinski definition) is 3. The number of hydrogen-bond donors (Lipinski definition) is 0. The number of halogens is 1. The van der Waals surface area contributed by atoms with Crippen LogP contribution in [-0.2, 0) is 4.79 Å². The molecular formula is C22H24ClNO3. The Morgan fingerprint density at radius 2 is 1.63 bits per heavy atom. The maximum Gasteiger partial charge on any atom is 0.230 e. The predicted octanol–water partition coefficient (Wildman–Crippen LogP) is 4.97. The summed E-state index contributed by atoms with van der Waals surface area (Å²) in [5, 5.41) is 0.708. The standard InChI is InChI=1S/C22H24ClNO3/c1-14(17-5-10-20-21(13-17)27-12-11-26-20)22(25)24(19-8-9-19)15(2)16-3-6-18(23)7-4-16/h3-7,10,13-15,19H,8-9,11-12H2,1-2H3. The lowest BCUT2D eigenvalue weighted by Crippen LogP contribution is -2.38. The molecule has 0 radical (unpaired) electrons. The van der Waals surface area contributed by atoms with Crippen LogP contribution in [0.1, 0.15) is 49.8 Å². The van der Waals surface area contributed by atoms with Gasteiger partial charge in [-0.15, -0.1) is 0 Å². The fourth-order valence-electron chi connectivity index (χ4n) is 3.64. The quantitative estimate of drug-likeness (QED) is 0.729. The van der Waals surface area contributed by atoms with Gasteiger partial charge in [-0.1, -0.05) is 29.8 Å². The number of ether oxygens (including phenoxy) is 2. The zero-order chi connectivity index (χ0) is 19.0. The van der Waals surface area contributed by atoms with Crippen LogP contribution >= 0.6 is 11.6 Å². The highest BCUT2D eigenvalue weighted by Crippen LogP contribution is 2.39. The van der Waals surface area contributed by atoms with Crippen molar-refractivity contribution in [1.29, 1.82) is 0 Å². The van der Waals surface area contributed by atoms with Gasteiger partial charge >= 0.3 is 0 Å². The normalized spacial score (nSPS) is 17.9. The molecule has 0 bridgehead atoms. The number of rotatable bonds is 5. The molecule has 1 saturated carbocycles. The first-order valence-corrected chi connectivity index (χ1v) is 9.89. The first-order valence-electron chi connectivity index (χ1n) is 9.52. The molecule has 0 spiro atoms. The lowest BCUT2D eigenvalue weighted by atomic mass is 9.97. The molecule has 2 aromatic carbocycles. The minimum atomic E-state index is -0.240. The predicted molar refractivity (Wildman–Crippen MR) is 106 cm³/mol. The summed E-state index contributed by atoms with van der Waals surface area (Å²) in [6.07, 6.45) is 2.13. The number of fused-ring (bicyclic) bond motifs is 1. The van der Waals surface area contributed by atoms with E-state index >= 15 is 0 Å². The zero-order valence-corrected chi connectivity index (χ0v) is 16.4. The van der Waals surface area contributed by atoms with Crippen molar-refractivity contribution in [2.45, 2.75) is 44.7 Å². The number of carbonyl (C=O) groups is 1.